The van der Waals surface area contributed by atoms with Gasteiger partial charge < -0.3 is 10.6 Å². The Morgan fingerprint density at radius 2 is 1.64 bits per heavy atom. The third-order valence-electron chi connectivity index (χ3n) is 3.47. The molecule has 0 fully saturated rings. The Morgan fingerprint density at radius 3 is 2.28 bits per heavy atom. The van der Waals surface area contributed by atoms with Gasteiger partial charge >= 0.3 is 0 Å². The van der Waals surface area contributed by atoms with Gasteiger partial charge in [0.15, 0.2) is 0 Å². The van der Waals surface area contributed by atoms with Gasteiger partial charge in [-0.1, -0.05) is 12.1 Å². The highest BCUT2D eigenvalue weighted by Gasteiger charge is 2.08. The van der Waals surface area contributed by atoms with Crippen LogP contribution in [-0.4, -0.2) is 15.9 Å². The van der Waals surface area contributed by atoms with Crippen LogP contribution in [0.1, 0.15) is 21.5 Å². The van der Waals surface area contributed by atoms with Crippen molar-refractivity contribution in [1.82, 2.24) is 9.97 Å². The largest absolute Gasteiger partial charge is 0.324 e. The molecule has 0 spiro atoms. The van der Waals surface area contributed by atoms with Crippen LogP contribution >= 0.6 is 0 Å². The standard InChI is InChI=1S/C19H17FN4O/c1-12-6-13(2)8-17(7-12)23-18(25)14-10-21-19(22-11-14)24-16-5-3-4-15(20)9-16/h3-11H,1-2H3,(H,23,25)(H,21,22,24). The molecule has 3 aromatic rings. The number of carbonyl (C=O) groups is 1. The molecule has 0 atom stereocenters. The number of benzene rings is 2. The van der Waals surface area contributed by atoms with Crippen molar-refractivity contribution in [2.24, 2.45) is 0 Å². The fourth-order valence-corrected chi connectivity index (χ4v) is 2.46. The minimum absolute atomic E-state index is 0.286. The molecule has 1 heterocycles. The monoisotopic (exact) mass is 336 g/mol. The smallest absolute Gasteiger partial charge is 0.258 e. The van der Waals surface area contributed by atoms with Gasteiger partial charge in [-0.15, -0.1) is 0 Å². The number of amides is 1. The molecule has 25 heavy (non-hydrogen) atoms. The summed E-state index contributed by atoms with van der Waals surface area (Å²) in [6.07, 6.45) is 2.85. The summed E-state index contributed by atoms with van der Waals surface area (Å²) in [7, 11) is 0. The molecule has 0 radical (unpaired) electrons. The van der Waals surface area contributed by atoms with Gasteiger partial charge in [-0.3, -0.25) is 4.79 Å². The SMILES string of the molecule is Cc1cc(C)cc(NC(=O)c2cnc(Nc3cccc(F)c3)nc2)c1. The molecule has 126 valence electrons. The summed E-state index contributed by atoms with van der Waals surface area (Å²) >= 11 is 0. The van der Waals surface area contributed by atoms with E-state index in [0.29, 0.717) is 11.3 Å². The summed E-state index contributed by atoms with van der Waals surface area (Å²) in [5.41, 5.74) is 3.74. The number of halogens is 1. The fourth-order valence-electron chi connectivity index (χ4n) is 2.46. The van der Waals surface area contributed by atoms with Gasteiger partial charge in [-0.05, 0) is 55.3 Å². The zero-order valence-electron chi connectivity index (χ0n) is 13.9. The van der Waals surface area contributed by atoms with Crippen LogP contribution in [0.4, 0.5) is 21.7 Å². The number of hydrogen-bond acceptors (Lipinski definition) is 4. The average molecular weight is 336 g/mol. The Kier molecular flexibility index (Phi) is 4.70. The fraction of sp³-hybridized carbons (Fsp3) is 0.105. The topological polar surface area (TPSA) is 66.9 Å². The number of carbonyl (C=O) groups excluding carboxylic acids is 1. The summed E-state index contributed by atoms with van der Waals surface area (Å²) in [5.74, 6) is -0.356. The Morgan fingerprint density at radius 1 is 0.960 bits per heavy atom. The Hall–Kier alpha value is -3.28. The third kappa shape index (κ3) is 4.38. The third-order valence-corrected chi connectivity index (χ3v) is 3.47. The molecule has 0 aliphatic carbocycles. The average Bonchev–Trinajstić information content (AvgIpc) is 2.54. The molecular formula is C19H17FN4O. The van der Waals surface area contributed by atoms with E-state index in [1.165, 1.54) is 24.5 Å². The second-order valence-corrected chi connectivity index (χ2v) is 5.76. The molecule has 2 aromatic carbocycles. The quantitative estimate of drug-likeness (QED) is 0.748. The lowest BCUT2D eigenvalue weighted by atomic mass is 10.1. The number of rotatable bonds is 4. The van der Waals surface area contributed by atoms with E-state index in [2.05, 4.69) is 20.6 Å². The van der Waals surface area contributed by atoms with Crippen molar-refractivity contribution < 1.29 is 9.18 Å². The van der Waals surface area contributed by atoms with E-state index >= 15 is 0 Å². The van der Waals surface area contributed by atoms with Crippen LogP contribution in [0.5, 0.6) is 0 Å². The van der Waals surface area contributed by atoms with Crippen LogP contribution in [-0.2, 0) is 0 Å². The summed E-state index contributed by atoms with van der Waals surface area (Å²) in [6.45, 7) is 3.94. The van der Waals surface area contributed by atoms with Crippen LogP contribution in [0.3, 0.4) is 0 Å². The molecule has 1 amide bonds. The highest BCUT2D eigenvalue weighted by Crippen LogP contribution is 2.16. The van der Waals surface area contributed by atoms with Gasteiger partial charge in [0, 0.05) is 23.8 Å². The van der Waals surface area contributed by atoms with Gasteiger partial charge in [0.25, 0.3) is 5.91 Å². The molecule has 0 saturated carbocycles. The molecule has 0 saturated heterocycles. The minimum atomic E-state index is -0.352. The number of nitrogens with zero attached hydrogens (tertiary/aromatic N) is 2. The van der Waals surface area contributed by atoms with Crippen LogP contribution in [0, 0.1) is 19.7 Å². The van der Waals surface area contributed by atoms with Gasteiger partial charge in [-0.25, -0.2) is 14.4 Å². The summed E-state index contributed by atoms with van der Waals surface area (Å²) in [6, 6.07) is 11.8. The predicted octanol–water partition coefficient (Wildman–Crippen LogP) is 4.23. The van der Waals surface area contributed by atoms with E-state index in [0.717, 1.165) is 16.8 Å². The Bertz CT molecular complexity index is 889. The lowest BCUT2D eigenvalue weighted by Crippen LogP contribution is -2.13. The molecule has 1 aromatic heterocycles. The predicted molar refractivity (Wildman–Crippen MR) is 95.6 cm³/mol. The molecular weight excluding hydrogens is 319 g/mol. The normalized spacial score (nSPS) is 10.4. The molecule has 2 N–H and O–H groups in total. The molecule has 6 heteroatoms. The van der Waals surface area contributed by atoms with Crippen molar-refractivity contribution in [3.8, 4) is 0 Å². The van der Waals surface area contributed by atoms with Crippen molar-refractivity contribution >= 4 is 23.2 Å². The van der Waals surface area contributed by atoms with E-state index in [1.54, 1.807) is 12.1 Å². The first-order chi connectivity index (χ1) is 12.0. The zero-order chi connectivity index (χ0) is 17.8. The van der Waals surface area contributed by atoms with Crippen LogP contribution < -0.4 is 10.6 Å². The number of aryl methyl sites for hydroxylation is 2. The summed E-state index contributed by atoms with van der Waals surface area (Å²) in [4.78, 5) is 20.5. The maximum absolute atomic E-state index is 13.2. The minimum Gasteiger partial charge on any atom is -0.324 e. The first kappa shape index (κ1) is 16.6. The van der Waals surface area contributed by atoms with E-state index in [-0.39, 0.29) is 17.7 Å². The van der Waals surface area contributed by atoms with Gasteiger partial charge in [0.2, 0.25) is 5.95 Å². The highest BCUT2D eigenvalue weighted by atomic mass is 19.1. The van der Waals surface area contributed by atoms with Gasteiger partial charge in [0.1, 0.15) is 5.82 Å². The zero-order valence-corrected chi connectivity index (χ0v) is 13.9. The second kappa shape index (κ2) is 7.09. The lowest BCUT2D eigenvalue weighted by molar-refractivity contribution is 0.102. The van der Waals surface area contributed by atoms with Crippen LogP contribution in [0.25, 0.3) is 0 Å². The number of anilines is 3. The van der Waals surface area contributed by atoms with Crippen molar-refractivity contribution in [1.29, 1.82) is 0 Å². The highest BCUT2D eigenvalue weighted by molar-refractivity contribution is 6.04. The molecule has 0 bridgehead atoms. The van der Waals surface area contributed by atoms with E-state index in [1.807, 2.05) is 32.0 Å². The second-order valence-electron chi connectivity index (χ2n) is 5.76. The van der Waals surface area contributed by atoms with Gasteiger partial charge in [-0.2, -0.15) is 0 Å². The summed E-state index contributed by atoms with van der Waals surface area (Å²) < 4.78 is 13.2. The lowest BCUT2D eigenvalue weighted by Gasteiger charge is -2.08. The summed E-state index contributed by atoms with van der Waals surface area (Å²) in [5, 5.41) is 5.71. The number of hydrogen-bond donors (Lipinski definition) is 2. The molecule has 0 aliphatic rings. The maximum atomic E-state index is 13.2. The van der Waals surface area contributed by atoms with E-state index in [4.69, 9.17) is 0 Å². The van der Waals surface area contributed by atoms with Crippen molar-refractivity contribution in [2.75, 3.05) is 10.6 Å². The Labute approximate surface area is 145 Å². The van der Waals surface area contributed by atoms with Crippen LogP contribution in [0.15, 0.2) is 54.9 Å². The van der Waals surface area contributed by atoms with Crippen LogP contribution in [0.2, 0.25) is 0 Å². The Balaban J connectivity index is 1.70. The first-order valence-electron chi connectivity index (χ1n) is 7.74. The molecule has 0 aliphatic heterocycles. The van der Waals surface area contributed by atoms with Crippen molar-refractivity contribution in [3.63, 3.8) is 0 Å². The van der Waals surface area contributed by atoms with Gasteiger partial charge in [0.05, 0.1) is 5.56 Å². The molecule has 5 nitrogen and oxygen atoms in total. The molecule has 0 unspecified atom stereocenters. The number of nitrogens with one attached hydrogen (secondary N) is 2. The first-order valence-corrected chi connectivity index (χ1v) is 7.74. The maximum Gasteiger partial charge on any atom is 0.258 e. The van der Waals surface area contributed by atoms with Crippen molar-refractivity contribution in [2.45, 2.75) is 13.8 Å². The van der Waals surface area contributed by atoms with E-state index in [9.17, 15) is 9.18 Å². The molecule has 3 rings (SSSR count). The number of aromatic nitrogens is 2. The van der Waals surface area contributed by atoms with Crippen molar-refractivity contribution in [3.05, 3.63) is 77.4 Å². The van der Waals surface area contributed by atoms with E-state index < -0.39 is 0 Å².